The summed E-state index contributed by atoms with van der Waals surface area (Å²) in [6.45, 7) is 2.30. The van der Waals surface area contributed by atoms with Crippen LogP contribution in [0.25, 0.3) is 11.8 Å². The number of fused-ring (bicyclic) bond motifs is 1. The summed E-state index contributed by atoms with van der Waals surface area (Å²) in [5, 5.41) is 0.661. The van der Waals surface area contributed by atoms with Gasteiger partial charge in [-0.25, -0.2) is 9.79 Å². The van der Waals surface area contributed by atoms with Gasteiger partial charge >= 0.3 is 5.97 Å². The van der Waals surface area contributed by atoms with E-state index in [0.29, 0.717) is 38.0 Å². The number of halogens is 3. The molecule has 1 aliphatic heterocycles. The van der Waals surface area contributed by atoms with Crippen LogP contribution < -0.4 is 19.6 Å². The summed E-state index contributed by atoms with van der Waals surface area (Å²) in [4.78, 5) is 33.4. The van der Waals surface area contributed by atoms with Crippen molar-refractivity contribution < 1.29 is 14.3 Å². The molecule has 45 heavy (non-hydrogen) atoms. The van der Waals surface area contributed by atoms with Crippen LogP contribution >= 0.6 is 68.1 Å². The van der Waals surface area contributed by atoms with Crippen molar-refractivity contribution >= 4 is 85.9 Å². The third-order valence-corrected chi connectivity index (χ3v) is 9.77. The Kier molecular flexibility index (Phi) is 9.88. The molecule has 0 saturated carbocycles. The molecular weight excluding hydrogens is 834 g/mol. The van der Waals surface area contributed by atoms with Gasteiger partial charge in [0.1, 0.15) is 12.4 Å². The second kappa shape index (κ2) is 14.0. The molecule has 0 bridgehead atoms. The first-order valence-electron chi connectivity index (χ1n) is 14.0. The number of ether oxygens (including phenoxy) is 2. The Labute approximate surface area is 296 Å². The minimum Gasteiger partial charge on any atom is -0.487 e. The Bertz CT molecular complexity index is 2090. The van der Waals surface area contributed by atoms with Crippen LogP contribution in [0.1, 0.15) is 35.2 Å². The van der Waals surface area contributed by atoms with Gasteiger partial charge in [-0.05, 0) is 93.6 Å². The van der Waals surface area contributed by atoms with Crippen LogP contribution in [0.5, 0.6) is 5.75 Å². The topological polar surface area (TPSA) is 69.9 Å². The number of aromatic nitrogens is 1. The third-order valence-electron chi connectivity index (χ3n) is 7.11. The van der Waals surface area contributed by atoms with Crippen LogP contribution in [-0.4, -0.2) is 17.1 Å². The highest BCUT2D eigenvalue weighted by Gasteiger charge is 2.35. The molecule has 5 aromatic rings. The predicted molar refractivity (Wildman–Crippen MR) is 195 cm³/mol. The molecule has 226 valence electrons. The van der Waals surface area contributed by atoms with E-state index in [1.54, 1.807) is 11.5 Å². The molecule has 2 heterocycles. The highest BCUT2D eigenvalue weighted by molar-refractivity contribution is 14.1. The van der Waals surface area contributed by atoms with E-state index in [2.05, 4.69) is 45.2 Å². The molecule has 0 amide bonds. The summed E-state index contributed by atoms with van der Waals surface area (Å²) in [6, 6.07) is 29.9. The zero-order valence-corrected chi connectivity index (χ0v) is 29.8. The van der Waals surface area contributed by atoms with Crippen molar-refractivity contribution in [2.24, 2.45) is 4.99 Å². The minimum absolute atomic E-state index is 0.195. The van der Waals surface area contributed by atoms with Crippen LogP contribution in [0.15, 0.2) is 112 Å². The molecule has 0 saturated heterocycles. The zero-order chi connectivity index (χ0) is 31.5. The lowest BCUT2D eigenvalue weighted by Gasteiger charge is -2.25. The Morgan fingerprint density at radius 2 is 1.69 bits per heavy atom. The minimum atomic E-state index is -0.726. The van der Waals surface area contributed by atoms with Gasteiger partial charge in [0.15, 0.2) is 4.80 Å². The summed E-state index contributed by atoms with van der Waals surface area (Å²) >= 11 is 11.9. The molecule has 1 aliphatic rings. The average molecular weight is 859 g/mol. The molecular formula is C35H25ClI2N2O4S. The van der Waals surface area contributed by atoms with Gasteiger partial charge in [-0.1, -0.05) is 95.7 Å². The Morgan fingerprint density at radius 3 is 2.38 bits per heavy atom. The van der Waals surface area contributed by atoms with E-state index in [1.807, 2.05) is 103 Å². The van der Waals surface area contributed by atoms with Crippen molar-refractivity contribution in [3.8, 4) is 5.75 Å². The second-order valence-electron chi connectivity index (χ2n) is 10.1. The van der Waals surface area contributed by atoms with Gasteiger partial charge in [0.2, 0.25) is 0 Å². The summed E-state index contributed by atoms with van der Waals surface area (Å²) in [5.74, 6) is 0.168. The highest BCUT2D eigenvalue weighted by atomic mass is 127. The molecule has 6 rings (SSSR count). The number of rotatable bonds is 8. The lowest BCUT2D eigenvalue weighted by atomic mass is 9.93. The molecule has 0 aliphatic carbocycles. The lowest BCUT2D eigenvalue weighted by Crippen LogP contribution is -2.40. The van der Waals surface area contributed by atoms with Crippen LogP contribution in [0.4, 0.5) is 0 Å². The van der Waals surface area contributed by atoms with Crippen LogP contribution in [0, 0.1) is 7.14 Å². The first-order valence-corrected chi connectivity index (χ1v) is 17.4. The largest absolute Gasteiger partial charge is 0.487 e. The normalized spacial score (nSPS) is 14.6. The van der Waals surface area contributed by atoms with Crippen molar-refractivity contribution in [2.75, 3.05) is 6.61 Å². The van der Waals surface area contributed by atoms with Gasteiger partial charge < -0.3 is 9.47 Å². The number of nitrogens with zero attached hydrogens (tertiary/aromatic N) is 2. The number of thiazole rings is 1. The zero-order valence-electron chi connectivity index (χ0n) is 23.9. The Morgan fingerprint density at radius 1 is 1.00 bits per heavy atom. The monoisotopic (exact) mass is 858 g/mol. The van der Waals surface area contributed by atoms with Crippen molar-refractivity contribution in [1.82, 2.24) is 4.57 Å². The maximum Gasteiger partial charge on any atom is 0.338 e. The SMILES string of the molecule is CCOC(=O)C1=C(c2ccccc2)N=c2s/c(=C\c3cc(I)cc(I)c3OCc3ccc(Cl)cc3)c(=O)n2[C@@H]1c1ccccc1. The van der Waals surface area contributed by atoms with Gasteiger partial charge in [-0.3, -0.25) is 9.36 Å². The van der Waals surface area contributed by atoms with E-state index < -0.39 is 12.0 Å². The standard InChI is InChI=1S/C35H25ClI2N2O4S/c1-2-43-34(42)29-30(22-9-5-3-6-10-22)39-35-40(31(29)23-11-7-4-8-12-23)33(41)28(45-35)18-24-17-26(37)19-27(38)32(24)44-20-21-13-15-25(36)16-14-21/h3-19,31H,2,20H2,1H3/b28-18-/t31-/m1/s1. The molecule has 6 nitrogen and oxygen atoms in total. The first-order chi connectivity index (χ1) is 21.8. The third kappa shape index (κ3) is 6.81. The molecule has 1 aromatic heterocycles. The van der Waals surface area contributed by atoms with Gasteiger partial charge in [-0.15, -0.1) is 0 Å². The number of benzene rings is 4. The first kappa shape index (κ1) is 31.7. The van der Waals surface area contributed by atoms with E-state index in [4.69, 9.17) is 26.1 Å². The summed E-state index contributed by atoms with van der Waals surface area (Å²) in [6.07, 6.45) is 1.85. The van der Waals surface area contributed by atoms with E-state index in [9.17, 15) is 9.59 Å². The van der Waals surface area contributed by atoms with E-state index in [-0.39, 0.29) is 12.2 Å². The van der Waals surface area contributed by atoms with E-state index in [0.717, 1.165) is 29.4 Å². The molecule has 0 unspecified atom stereocenters. The second-order valence-corrected chi connectivity index (χ2v) is 13.9. The molecule has 0 N–H and O–H groups in total. The molecule has 0 fully saturated rings. The smallest absolute Gasteiger partial charge is 0.338 e. The number of carbonyl (C=O) groups excluding carboxylic acids is 1. The van der Waals surface area contributed by atoms with Gasteiger partial charge in [0, 0.05) is 19.7 Å². The lowest BCUT2D eigenvalue weighted by molar-refractivity contribution is -0.138. The number of hydrogen-bond donors (Lipinski definition) is 0. The fourth-order valence-electron chi connectivity index (χ4n) is 5.11. The predicted octanol–water partition coefficient (Wildman–Crippen LogP) is 7.38. The highest BCUT2D eigenvalue weighted by Crippen LogP contribution is 2.35. The van der Waals surface area contributed by atoms with Gasteiger partial charge in [0.25, 0.3) is 5.56 Å². The Hall–Kier alpha value is -3.26. The van der Waals surface area contributed by atoms with Crippen molar-refractivity contribution in [3.05, 3.63) is 157 Å². The van der Waals surface area contributed by atoms with Crippen molar-refractivity contribution in [1.29, 1.82) is 0 Å². The van der Waals surface area contributed by atoms with Crippen LogP contribution in [0.3, 0.4) is 0 Å². The quantitative estimate of drug-likeness (QED) is 0.121. The molecule has 1 atom stereocenters. The Balaban J connectivity index is 1.54. The maximum absolute atomic E-state index is 14.3. The summed E-state index contributed by atoms with van der Waals surface area (Å²) in [5.41, 5.74) is 3.86. The maximum atomic E-state index is 14.3. The summed E-state index contributed by atoms with van der Waals surface area (Å²) < 4.78 is 15.9. The molecule has 0 spiro atoms. The van der Waals surface area contributed by atoms with Gasteiger partial charge in [-0.2, -0.15) is 0 Å². The van der Waals surface area contributed by atoms with Crippen LogP contribution in [-0.2, 0) is 16.1 Å². The fraction of sp³-hybridized carbons (Fsp3) is 0.114. The van der Waals surface area contributed by atoms with Crippen molar-refractivity contribution in [3.63, 3.8) is 0 Å². The van der Waals surface area contributed by atoms with Crippen molar-refractivity contribution in [2.45, 2.75) is 19.6 Å². The summed E-state index contributed by atoms with van der Waals surface area (Å²) in [7, 11) is 0. The van der Waals surface area contributed by atoms with E-state index in [1.165, 1.54) is 11.3 Å². The molecule has 0 radical (unpaired) electrons. The fourth-order valence-corrected chi connectivity index (χ4v) is 8.27. The van der Waals surface area contributed by atoms with Crippen LogP contribution in [0.2, 0.25) is 5.02 Å². The molecule has 4 aromatic carbocycles. The number of carbonyl (C=O) groups is 1. The molecule has 10 heteroatoms. The average Bonchev–Trinajstić information content (AvgIpc) is 3.35. The van der Waals surface area contributed by atoms with E-state index >= 15 is 0 Å². The van der Waals surface area contributed by atoms with Gasteiger partial charge in [0.05, 0.1) is 32.0 Å². The number of esters is 1. The number of hydrogen-bond acceptors (Lipinski definition) is 6.